The normalized spacial score (nSPS) is 11.4. The van der Waals surface area contributed by atoms with Gasteiger partial charge < -0.3 is 0 Å². The third kappa shape index (κ3) is 6.54. The van der Waals surface area contributed by atoms with E-state index in [1.165, 1.54) is 24.3 Å². The van der Waals surface area contributed by atoms with Crippen LogP contribution in [0, 0.1) is 23.3 Å². The molecule has 0 nitrogen and oxygen atoms in total. The molecule has 4 heteroatoms. The lowest BCUT2D eigenvalue weighted by Crippen LogP contribution is -2.02. The van der Waals surface area contributed by atoms with Crippen molar-refractivity contribution in [2.24, 2.45) is 0 Å². The van der Waals surface area contributed by atoms with Gasteiger partial charge in [0.1, 0.15) is 23.3 Å². The molecule has 0 bridgehead atoms. The highest BCUT2D eigenvalue weighted by molar-refractivity contribution is 5.84. The molecule has 0 fully saturated rings. The van der Waals surface area contributed by atoms with Gasteiger partial charge in [-0.3, -0.25) is 0 Å². The van der Waals surface area contributed by atoms with Crippen molar-refractivity contribution < 1.29 is 17.6 Å². The molecule has 0 aliphatic rings. The predicted octanol–water partition coefficient (Wildman–Crippen LogP) is 9.09. The third-order valence-electron chi connectivity index (χ3n) is 6.88. The van der Waals surface area contributed by atoms with Gasteiger partial charge in [0, 0.05) is 10.9 Å². The minimum absolute atomic E-state index is 0.106. The summed E-state index contributed by atoms with van der Waals surface area (Å²) >= 11 is 0. The van der Waals surface area contributed by atoms with Crippen molar-refractivity contribution in [2.75, 3.05) is 0 Å². The molecular weight excluding hydrogens is 460 g/mol. The molecule has 4 rings (SSSR count). The predicted molar refractivity (Wildman–Crippen MR) is 139 cm³/mol. The quantitative estimate of drug-likeness (QED) is 0.145. The second-order valence-electron chi connectivity index (χ2n) is 9.57. The zero-order valence-corrected chi connectivity index (χ0v) is 20.7. The van der Waals surface area contributed by atoms with Crippen LogP contribution in [0.2, 0.25) is 0 Å². The summed E-state index contributed by atoms with van der Waals surface area (Å²) in [5.74, 6) is -1.52. The first-order chi connectivity index (χ1) is 17.4. The minimum Gasteiger partial charge on any atom is -0.207 e. The summed E-state index contributed by atoms with van der Waals surface area (Å²) in [5, 5.41) is 1.29. The maximum absolute atomic E-state index is 15.1. The number of fused-ring (bicyclic) bond motifs is 1. The number of benzene rings is 4. The summed E-state index contributed by atoms with van der Waals surface area (Å²) in [5.41, 5.74) is 3.29. The van der Waals surface area contributed by atoms with Gasteiger partial charge in [-0.25, -0.2) is 17.6 Å². The van der Waals surface area contributed by atoms with Gasteiger partial charge in [0.2, 0.25) is 0 Å². The van der Waals surface area contributed by atoms with Crippen LogP contribution in [0.25, 0.3) is 10.8 Å². The molecule has 0 radical (unpaired) electrons. The molecule has 0 aromatic heterocycles. The van der Waals surface area contributed by atoms with E-state index >= 15 is 4.39 Å². The minimum atomic E-state index is -0.488. The maximum Gasteiger partial charge on any atom is 0.134 e. The summed E-state index contributed by atoms with van der Waals surface area (Å²) in [7, 11) is 0. The van der Waals surface area contributed by atoms with Gasteiger partial charge in [-0.1, -0.05) is 68.7 Å². The van der Waals surface area contributed by atoms with Crippen LogP contribution in [-0.2, 0) is 32.1 Å². The van der Waals surface area contributed by atoms with E-state index in [0.29, 0.717) is 42.2 Å². The molecule has 4 aromatic carbocycles. The molecule has 0 saturated carbocycles. The van der Waals surface area contributed by atoms with Crippen molar-refractivity contribution in [3.63, 3.8) is 0 Å². The van der Waals surface area contributed by atoms with Crippen LogP contribution in [0.4, 0.5) is 17.6 Å². The monoisotopic (exact) mass is 492 g/mol. The average molecular weight is 493 g/mol. The Kier molecular flexibility index (Phi) is 8.79. The number of aryl methyl sites for hydroxylation is 4. The Labute approximate surface area is 211 Å². The Bertz CT molecular complexity index is 1290. The van der Waals surface area contributed by atoms with E-state index in [0.717, 1.165) is 42.2 Å². The maximum atomic E-state index is 15.1. The molecular formula is C32H32F4. The highest BCUT2D eigenvalue weighted by Crippen LogP contribution is 2.25. The van der Waals surface area contributed by atoms with Crippen molar-refractivity contribution in [1.82, 2.24) is 0 Å². The third-order valence-corrected chi connectivity index (χ3v) is 6.88. The van der Waals surface area contributed by atoms with Crippen molar-refractivity contribution in [3.05, 3.63) is 118 Å². The lowest BCUT2D eigenvalue weighted by molar-refractivity contribution is 0.549. The molecule has 0 amide bonds. The van der Waals surface area contributed by atoms with Crippen LogP contribution in [0.15, 0.2) is 66.7 Å². The smallest absolute Gasteiger partial charge is 0.134 e. The topological polar surface area (TPSA) is 0 Å². The van der Waals surface area contributed by atoms with E-state index < -0.39 is 11.6 Å². The summed E-state index contributed by atoms with van der Waals surface area (Å²) in [6, 6.07) is 18.3. The Hall–Kier alpha value is -3.14. The largest absolute Gasteiger partial charge is 0.207 e. The Morgan fingerprint density at radius 1 is 0.556 bits per heavy atom. The van der Waals surface area contributed by atoms with Gasteiger partial charge >= 0.3 is 0 Å². The summed E-state index contributed by atoms with van der Waals surface area (Å²) in [6.07, 6.45) is 6.81. The fraction of sp³-hybridized carbons (Fsp3) is 0.312. The number of hydrogen-bond donors (Lipinski definition) is 0. The zero-order chi connectivity index (χ0) is 25.5. The lowest BCUT2D eigenvalue weighted by atomic mass is 9.96. The van der Waals surface area contributed by atoms with Gasteiger partial charge in [0.25, 0.3) is 0 Å². The zero-order valence-electron chi connectivity index (χ0n) is 20.7. The Balaban J connectivity index is 1.41. The molecule has 4 aromatic rings. The fourth-order valence-electron chi connectivity index (χ4n) is 4.73. The number of unbranched alkanes of at least 4 members (excludes halogenated alkanes) is 3. The second kappa shape index (κ2) is 12.2. The fourth-order valence-corrected chi connectivity index (χ4v) is 4.73. The summed E-state index contributed by atoms with van der Waals surface area (Å²) in [4.78, 5) is 0. The van der Waals surface area contributed by atoms with Crippen molar-refractivity contribution in [2.45, 2.75) is 64.7 Å². The van der Waals surface area contributed by atoms with Crippen LogP contribution >= 0.6 is 0 Å². The second-order valence-corrected chi connectivity index (χ2v) is 9.57. The van der Waals surface area contributed by atoms with Crippen LogP contribution in [-0.4, -0.2) is 0 Å². The molecule has 0 heterocycles. The van der Waals surface area contributed by atoms with Gasteiger partial charge in [-0.15, -0.1) is 0 Å². The first kappa shape index (κ1) is 25.9. The molecule has 0 N–H and O–H groups in total. The Morgan fingerprint density at radius 3 is 1.97 bits per heavy atom. The van der Waals surface area contributed by atoms with E-state index in [1.807, 2.05) is 18.2 Å². The van der Waals surface area contributed by atoms with Gasteiger partial charge in [-0.05, 0) is 90.4 Å². The molecule has 0 atom stereocenters. The summed E-state index contributed by atoms with van der Waals surface area (Å²) in [6.45, 7) is 2.13. The standard InChI is InChI=1S/C32H32F4/c1-2-3-4-5-6-24-20-30(34)29(31(35)21-24)18-11-23-10-17-28-26(19-23)14-13-25(32(28)36)12-7-22-8-15-27(33)16-9-22/h8-10,13-17,19-21H,2-7,11-12,18H2,1H3. The van der Waals surface area contributed by atoms with Gasteiger partial charge in [-0.2, -0.15) is 0 Å². The SMILES string of the molecule is CCCCCCc1cc(F)c(CCc2ccc3c(F)c(CCc4ccc(F)cc4)ccc3c2)c(F)c1. The van der Waals surface area contributed by atoms with E-state index in [1.54, 1.807) is 24.3 Å². The number of halogens is 4. The molecule has 36 heavy (non-hydrogen) atoms. The van der Waals surface area contributed by atoms with Crippen molar-refractivity contribution in [1.29, 1.82) is 0 Å². The van der Waals surface area contributed by atoms with Crippen LogP contribution in [0.1, 0.15) is 60.4 Å². The van der Waals surface area contributed by atoms with Gasteiger partial charge in [0.15, 0.2) is 0 Å². The Morgan fingerprint density at radius 2 is 1.25 bits per heavy atom. The van der Waals surface area contributed by atoms with E-state index in [4.69, 9.17) is 0 Å². The highest BCUT2D eigenvalue weighted by atomic mass is 19.1. The molecule has 188 valence electrons. The van der Waals surface area contributed by atoms with Crippen molar-refractivity contribution >= 4 is 10.8 Å². The van der Waals surface area contributed by atoms with E-state index in [9.17, 15) is 13.2 Å². The molecule has 0 saturated heterocycles. The first-order valence-electron chi connectivity index (χ1n) is 12.9. The molecule has 0 unspecified atom stereocenters. The van der Waals surface area contributed by atoms with Gasteiger partial charge in [0.05, 0.1) is 0 Å². The number of hydrogen-bond acceptors (Lipinski definition) is 0. The molecule has 0 spiro atoms. The van der Waals surface area contributed by atoms with Crippen molar-refractivity contribution in [3.8, 4) is 0 Å². The molecule has 0 aliphatic heterocycles. The van der Waals surface area contributed by atoms with Crippen LogP contribution in [0.3, 0.4) is 0 Å². The molecule has 0 aliphatic carbocycles. The average Bonchev–Trinajstić information content (AvgIpc) is 2.87. The lowest BCUT2D eigenvalue weighted by Gasteiger charge is -2.11. The van der Waals surface area contributed by atoms with Crippen LogP contribution < -0.4 is 0 Å². The number of rotatable bonds is 11. The highest BCUT2D eigenvalue weighted by Gasteiger charge is 2.13. The van der Waals surface area contributed by atoms with E-state index in [-0.39, 0.29) is 23.6 Å². The summed E-state index contributed by atoms with van der Waals surface area (Å²) < 4.78 is 57.5. The first-order valence-corrected chi connectivity index (χ1v) is 12.9. The van der Waals surface area contributed by atoms with Crippen LogP contribution in [0.5, 0.6) is 0 Å². The van der Waals surface area contributed by atoms with E-state index in [2.05, 4.69) is 6.92 Å².